The highest BCUT2D eigenvalue weighted by Crippen LogP contribution is 2.43. The molecule has 0 bridgehead atoms. The van der Waals surface area contributed by atoms with Gasteiger partial charge in [-0.25, -0.2) is 4.79 Å². The Labute approximate surface area is 207 Å². The van der Waals surface area contributed by atoms with Crippen molar-refractivity contribution >= 4 is 40.7 Å². The second kappa shape index (κ2) is 10.0. The third kappa shape index (κ3) is 4.63. The smallest absolute Gasteiger partial charge is 0.338 e. The van der Waals surface area contributed by atoms with Crippen molar-refractivity contribution in [2.24, 2.45) is 0 Å². The van der Waals surface area contributed by atoms with E-state index in [9.17, 15) is 19.5 Å². The van der Waals surface area contributed by atoms with Gasteiger partial charge in [-0.1, -0.05) is 41.9 Å². The van der Waals surface area contributed by atoms with Crippen molar-refractivity contribution in [3.05, 3.63) is 100 Å². The normalized spacial score (nSPS) is 16.9. The van der Waals surface area contributed by atoms with Crippen molar-refractivity contribution in [3.8, 4) is 5.75 Å². The van der Waals surface area contributed by atoms with Crippen molar-refractivity contribution in [3.63, 3.8) is 0 Å². The summed E-state index contributed by atoms with van der Waals surface area (Å²) in [5.41, 5.74) is 1.26. The van der Waals surface area contributed by atoms with Crippen LogP contribution in [0.3, 0.4) is 0 Å². The third-order valence-electron chi connectivity index (χ3n) is 5.59. The largest absolute Gasteiger partial charge is 0.507 e. The molecule has 1 fully saturated rings. The highest BCUT2D eigenvalue weighted by Gasteiger charge is 2.47. The van der Waals surface area contributed by atoms with Gasteiger partial charge in [0.25, 0.3) is 11.7 Å². The van der Waals surface area contributed by atoms with E-state index in [1.165, 1.54) is 24.1 Å². The lowest BCUT2D eigenvalue weighted by Crippen LogP contribution is -2.29. The van der Waals surface area contributed by atoms with Crippen LogP contribution in [0.1, 0.15) is 34.5 Å². The second-order valence-electron chi connectivity index (χ2n) is 7.73. The van der Waals surface area contributed by atoms with Crippen LogP contribution in [0.2, 0.25) is 5.02 Å². The second-order valence-corrected chi connectivity index (χ2v) is 8.16. The number of hydrogen-bond acceptors (Lipinski definition) is 6. The van der Waals surface area contributed by atoms with E-state index in [1.54, 1.807) is 67.6 Å². The first-order valence-electron chi connectivity index (χ1n) is 10.8. The number of esters is 1. The number of hydrogen-bond donors (Lipinski definition) is 1. The number of nitrogens with zero attached hydrogens (tertiary/aromatic N) is 1. The number of methoxy groups -OCH3 is 1. The molecule has 1 unspecified atom stereocenters. The molecular weight excluding hydrogens is 470 g/mol. The Bertz CT molecular complexity index is 1350. The van der Waals surface area contributed by atoms with Gasteiger partial charge in [-0.2, -0.15) is 0 Å². The zero-order chi connectivity index (χ0) is 25.1. The van der Waals surface area contributed by atoms with Crippen LogP contribution in [0.4, 0.5) is 5.69 Å². The monoisotopic (exact) mass is 491 g/mol. The van der Waals surface area contributed by atoms with Crippen LogP contribution >= 0.6 is 11.6 Å². The molecule has 0 spiro atoms. The van der Waals surface area contributed by atoms with E-state index in [-0.39, 0.29) is 23.5 Å². The fraction of sp³-hybridized carbons (Fsp3) is 0.148. The lowest BCUT2D eigenvalue weighted by Gasteiger charge is -2.26. The Hall–Kier alpha value is -4.10. The average Bonchev–Trinajstić information content (AvgIpc) is 3.14. The summed E-state index contributed by atoms with van der Waals surface area (Å²) in [4.78, 5) is 40.2. The Kier molecular flexibility index (Phi) is 6.89. The summed E-state index contributed by atoms with van der Waals surface area (Å²) in [5.74, 6) is -2.11. The maximum Gasteiger partial charge on any atom is 0.338 e. The number of anilines is 1. The molecule has 0 saturated carbocycles. The molecule has 0 radical (unpaired) electrons. The molecule has 1 heterocycles. The number of ketones is 1. The van der Waals surface area contributed by atoms with Crippen LogP contribution < -0.4 is 9.64 Å². The molecule has 35 heavy (non-hydrogen) atoms. The molecule has 0 aromatic heterocycles. The Morgan fingerprint density at radius 3 is 2.43 bits per heavy atom. The molecule has 1 amide bonds. The molecule has 7 nitrogen and oxygen atoms in total. The average molecular weight is 492 g/mol. The van der Waals surface area contributed by atoms with E-state index in [2.05, 4.69) is 0 Å². The van der Waals surface area contributed by atoms with Crippen molar-refractivity contribution in [1.29, 1.82) is 0 Å². The number of halogens is 1. The van der Waals surface area contributed by atoms with Crippen LogP contribution in [0.5, 0.6) is 5.75 Å². The molecule has 1 N–H and O–H groups in total. The molecule has 3 aromatic rings. The molecule has 1 aliphatic heterocycles. The standard InChI is InChI=1S/C27H22ClNO6/c1-3-35-27(33)18-9-5-11-20(14-18)29-23(16-7-6-12-21(15-16)34-2)22(25(31)26(29)32)24(30)17-8-4-10-19(28)13-17/h4-15,23,30H,3H2,1-2H3/b24-22+. The van der Waals surface area contributed by atoms with E-state index in [1.807, 2.05) is 0 Å². The summed E-state index contributed by atoms with van der Waals surface area (Å²) in [6.45, 7) is 1.88. The van der Waals surface area contributed by atoms with Crippen molar-refractivity contribution in [1.82, 2.24) is 0 Å². The van der Waals surface area contributed by atoms with Crippen LogP contribution in [0, 0.1) is 0 Å². The van der Waals surface area contributed by atoms with Gasteiger partial charge in [-0.15, -0.1) is 0 Å². The number of benzene rings is 3. The molecule has 1 saturated heterocycles. The SMILES string of the molecule is CCOC(=O)c1cccc(N2C(=O)C(=O)/C(=C(/O)c3cccc(Cl)c3)C2c2cccc(OC)c2)c1. The first-order valence-corrected chi connectivity index (χ1v) is 11.2. The van der Waals surface area contributed by atoms with Crippen LogP contribution in [-0.4, -0.2) is 36.5 Å². The molecular formula is C27H22ClNO6. The van der Waals surface area contributed by atoms with Crippen LogP contribution in [-0.2, 0) is 14.3 Å². The molecule has 178 valence electrons. The summed E-state index contributed by atoms with van der Waals surface area (Å²) in [6.07, 6.45) is 0. The van der Waals surface area contributed by atoms with E-state index >= 15 is 0 Å². The minimum Gasteiger partial charge on any atom is -0.507 e. The molecule has 4 rings (SSSR count). The van der Waals surface area contributed by atoms with Gasteiger partial charge in [-0.05, 0) is 55.0 Å². The molecule has 3 aromatic carbocycles. The first kappa shape index (κ1) is 24.0. The lowest BCUT2D eigenvalue weighted by atomic mass is 9.95. The number of Topliss-reactive ketones (excluding diaryl/α,β-unsaturated/α-hetero) is 1. The van der Waals surface area contributed by atoms with Gasteiger partial charge in [0.1, 0.15) is 11.5 Å². The maximum atomic E-state index is 13.3. The highest BCUT2D eigenvalue weighted by atomic mass is 35.5. The van der Waals surface area contributed by atoms with Gasteiger partial charge in [0.2, 0.25) is 0 Å². The van der Waals surface area contributed by atoms with E-state index in [4.69, 9.17) is 21.1 Å². The van der Waals surface area contributed by atoms with Gasteiger partial charge in [0.05, 0.1) is 30.9 Å². The maximum absolute atomic E-state index is 13.3. The van der Waals surface area contributed by atoms with Crippen LogP contribution in [0.15, 0.2) is 78.4 Å². The van der Waals surface area contributed by atoms with E-state index in [0.717, 1.165) is 0 Å². The van der Waals surface area contributed by atoms with Gasteiger partial charge >= 0.3 is 5.97 Å². The fourth-order valence-electron chi connectivity index (χ4n) is 4.01. The number of rotatable bonds is 6. The van der Waals surface area contributed by atoms with Gasteiger partial charge < -0.3 is 14.6 Å². The van der Waals surface area contributed by atoms with Crippen molar-refractivity contribution < 1.29 is 29.0 Å². The van der Waals surface area contributed by atoms with Crippen molar-refractivity contribution in [2.45, 2.75) is 13.0 Å². The van der Waals surface area contributed by atoms with Gasteiger partial charge in [0.15, 0.2) is 0 Å². The number of aliphatic hydroxyl groups excluding tert-OH is 1. The van der Waals surface area contributed by atoms with Gasteiger partial charge in [0, 0.05) is 16.3 Å². The molecule has 0 aliphatic carbocycles. The number of carbonyl (C=O) groups is 3. The summed E-state index contributed by atoms with van der Waals surface area (Å²) in [6, 6.07) is 18.5. The Morgan fingerprint density at radius 2 is 1.71 bits per heavy atom. The predicted molar refractivity (Wildman–Crippen MR) is 132 cm³/mol. The zero-order valence-electron chi connectivity index (χ0n) is 19.0. The summed E-state index contributed by atoms with van der Waals surface area (Å²) >= 11 is 6.09. The predicted octanol–water partition coefficient (Wildman–Crippen LogP) is 5.15. The number of ether oxygens (including phenoxy) is 2. The topological polar surface area (TPSA) is 93.1 Å². The number of aliphatic hydroxyl groups is 1. The zero-order valence-corrected chi connectivity index (χ0v) is 19.8. The van der Waals surface area contributed by atoms with Gasteiger partial charge in [-0.3, -0.25) is 14.5 Å². The third-order valence-corrected chi connectivity index (χ3v) is 5.82. The number of carbonyl (C=O) groups excluding carboxylic acids is 3. The number of amides is 1. The summed E-state index contributed by atoms with van der Waals surface area (Å²) < 4.78 is 10.4. The highest BCUT2D eigenvalue weighted by molar-refractivity contribution is 6.51. The molecule has 8 heteroatoms. The van der Waals surface area contributed by atoms with E-state index < -0.39 is 23.7 Å². The summed E-state index contributed by atoms with van der Waals surface area (Å²) in [7, 11) is 1.50. The Balaban J connectivity index is 1.93. The van der Waals surface area contributed by atoms with Crippen molar-refractivity contribution in [2.75, 3.05) is 18.6 Å². The fourth-order valence-corrected chi connectivity index (χ4v) is 4.20. The summed E-state index contributed by atoms with van der Waals surface area (Å²) in [5, 5.41) is 11.5. The molecule has 1 aliphatic rings. The quantitative estimate of drug-likeness (QED) is 0.222. The molecule has 1 atom stereocenters. The van der Waals surface area contributed by atoms with Crippen LogP contribution in [0.25, 0.3) is 5.76 Å². The van der Waals surface area contributed by atoms with E-state index in [0.29, 0.717) is 27.6 Å². The lowest BCUT2D eigenvalue weighted by molar-refractivity contribution is -0.132. The minimum absolute atomic E-state index is 0.105. The Morgan fingerprint density at radius 1 is 1.00 bits per heavy atom. The first-order chi connectivity index (χ1) is 16.8. The minimum atomic E-state index is -0.985.